The second-order valence-corrected chi connectivity index (χ2v) is 8.33. The highest BCUT2D eigenvalue weighted by Gasteiger charge is 2.21. The van der Waals surface area contributed by atoms with Crippen LogP contribution in [0.2, 0.25) is 0 Å². The molecule has 3 heterocycles. The normalized spacial score (nSPS) is 11.1. The lowest BCUT2D eigenvalue weighted by molar-refractivity contribution is 0.405. The SMILES string of the molecule is COc1cc(-c2c(-c3ccccn3)nn3c(O)cc(C)nc23)ccc1Sc1ccccc1. The predicted octanol–water partition coefficient (Wildman–Crippen LogP) is 5.63. The van der Waals surface area contributed by atoms with Gasteiger partial charge in [-0.25, -0.2) is 4.98 Å². The summed E-state index contributed by atoms with van der Waals surface area (Å²) in [6, 6.07) is 23.5. The van der Waals surface area contributed by atoms with E-state index in [0.29, 0.717) is 22.7 Å². The maximum absolute atomic E-state index is 10.5. The molecule has 2 aromatic carbocycles. The van der Waals surface area contributed by atoms with Gasteiger partial charge in [0.05, 0.1) is 23.3 Å². The number of hydrogen-bond acceptors (Lipinski definition) is 6. The molecule has 0 aliphatic carbocycles. The van der Waals surface area contributed by atoms with Crippen molar-refractivity contribution in [2.75, 3.05) is 7.11 Å². The van der Waals surface area contributed by atoms with E-state index in [0.717, 1.165) is 26.7 Å². The second-order valence-electron chi connectivity index (χ2n) is 7.21. The van der Waals surface area contributed by atoms with E-state index in [1.807, 2.05) is 61.5 Å². The monoisotopic (exact) mass is 440 g/mol. The minimum atomic E-state index is 0.0270. The van der Waals surface area contributed by atoms with Crippen molar-refractivity contribution in [2.45, 2.75) is 16.7 Å². The van der Waals surface area contributed by atoms with E-state index in [2.05, 4.69) is 27.2 Å². The topological polar surface area (TPSA) is 72.5 Å². The number of aromatic hydroxyl groups is 1. The molecule has 158 valence electrons. The van der Waals surface area contributed by atoms with Gasteiger partial charge in [-0.2, -0.15) is 9.61 Å². The predicted molar refractivity (Wildman–Crippen MR) is 125 cm³/mol. The van der Waals surface area contributed by atoms with Gasteiger partial charge in [-0.05, 0) is 48.9 Å². The van der Waals surface area contributed by atoms with Crippen LogP contribution >= 0.6 is 11.8 Å². The summed E-state index contributed by atoms with van der Waals surface area (Å²) in [7, 11) is 1.66. The molecule has 32 heavy (non-hydrogen) atoms. The van der Waals surface area contributed by atoms with Crippen molar-refractivity contribution in [3.63, 3.8) is 0 Å². The summed E-state index contributed by atoms with van der Waals surface area (Å²) in [5.41, 5.74) is 4.28. The fourth-order valence-corrected chi connectivity index (χ4v) is 4.52. The molecule has 0 aliphatic heterocycles. The zero-order valence-corrected chi connectivity index (χ0v) is 18.4. The van der Waals surface area contributed by atoms with Crippen LogP contribution in [0.3, 0.4) is 0 Å². The lowest BCUT2D eigenvalue weighted by Crippen LogP contribution is -1.94. The first kappa shape index (κ1) is 20.1. The minimum Gasteiger partial charge on any atom is -0.496 e. The van der Waals surface area contributed by atoms with Crippen LogP contribution in [0.15, 0.2) is 88.8 Å². The maximum Gasteiger partial charge on any atom is 0.215 e. The largest absolute Gasteiger partial charge is 0.496 e. The summed E-state index contributed by atoms with van der Waals surface area (Å²) in [6.07, 6.45) is 1.72. The molecule has 0 amide bonds. The van der Waals surface area contributed by atoms with Crippen LogP contribution in [-0.2, 0) is 0 Å². The summed E-state index contributed by atoms with van der Waals surface area (Å²) in [5.74, 6) is 0.777. The zero-order valence-electron chi connectivity index (χ0n) is 17.6. The first-order valence-corrected chi connectivity index (χ1v) is 10.9. The summed E-state index contributed by atoms with van der Waals surface area (Å²) in [6.45, 7) is 1.84. The number of hydrogen-bond donors (Lipinski definition) is 1. The minimum absolute atomic E-state index is 0.0270. The summed E-state index contributed by atoms with van der Waals surface area (Å²) in [5, 5.41) is 15.1. The van der Waals surface area contributed by atoms with E-state index < -0.39 is 0 Å². The lowest BCUT2D eigenvalue weighted by atomic mass is 10.0. The quantitative estimate of drug-likeness (QED) is 0.382. The lowest BCUT2D eigenvalue weighted by Gasteiger charge is -2.11. The molecule has 1 N–H and O–H groups in total. The first-order valence-electron chi connectivity index (χ1n) is 10.1. The third-order valence-corrected chi connectivity index (χ3v) is 6.09. The fraction of sp³-hybridized carbons (Fsp3) is 0.0800. The zero-order chi connectivity index (χ0) is 22.1. The summed E-state index contributed by atoms with van der Waals surface area (Å²) >= 11 is 1.64. The van der Waals surface area contributed by atoms with Gasteiger partial charge in [0, 0.05) is 22.9 Å². The second kappa shape index (κ2) is 8.36. The van der Waals surface area contributed by atoms with Crippen molar-refractivity contribution in [3.8, 4) is 34.1 Å². The molecular formula is C25H20N4O2S. The molecule has 7 heteroatoms. The van der Waals surface area contributed by atoms with Crippen LogP contribution < -0.4 is 4.74 Å². The van der Waals surface area contributed by atoms with Crippen molar-refractivity contribution >= 4 is 17.4 Å². The smallest absolute Gasteiger partial charge is 0.215 e. The number of benzene rings is 2. The van der Waals surface area contributed by atoms with Crippen molar-refractivity contribution in [1.82, 2.24) is 19.6 Å². The number of fused-ring (bicyclic) bond motifs is 1. The molecule has 0 atom stereocenters. The third-order valence-electron chi connectivity index (χ3n) is 5.03. The number of aryl methyl sites for hydroxylation is 1. The van der Waals surface area contributed by atoms with E-state index >= 15 is 0 Å². The molecule has 0 aliphatic rings. The van der Waals surface area contributed by atoms with Gasteiger partial charge in [0.2, 0.25) is 5.88 Å². The molecule has 0 fully saturated rings. The van der Waals surface area contributed by atoms with Crippen LogP contribution in [0.25, 0.3) is 28.2 Å². The van der Waals surface area contributed by atoms with E-state index in [4.69, 9.17) is 4.74 Å². The highest BCUT2D eigenvalue weighted by Crippen LogP contribution is 2.41. The Balaban J connectivity index is 1.70. The van der Waals surface area contributed by atoms with Gasteiger partial charge in [-0.3, -0.25) is 4.98 Å². The first-order chi connectivity index (χ1) is 15.6. The fourth-order valence-electron chi connectivity index (χ4n) is 3.59. The molecule has 5 aromatic rings. The third kappa shape index (κ3) is 3.67. The van der Waals surface area contributed by atoms with Crippen LogP contribution in [0.4, 0.5) is 0 Å². The molecular weight excluding hydrogens is 420 g/mol. The van der Waals surface area contributed by atoms with Gasteiger partial charge < -0.3 is 9.84 Å². The Kier molecular flexibility index (Phi) is 5.25. The highest BCUT2D eigenvalue weighted by molar-refractivity contribution is 7.99. The molecule has 3 aromatic heterocycles. The van der Waals surface area contributed by atoms with Crippen LogP contribution in [0.5, 0.6) is 11.6 Å². The van der Waals surface area contributed by atoms with E-state index in [-0.39, 0.29) is 5.88 Å². The molecule has 5 rings (SSSR count). The number of pyridine rings is 1. The van der Waals surface area contributed by atoms with Gasteiger partial charge >= 0.3 is 0 Å². The van der Waals surface area contributed by atoms with E-state index in [1.54, 1.807) is 31.1 Å². The summed E-state index contributed by atoms with van der Waals surface area (Å²) < 4.78 is 7.18. The molecule has 6 nitrogen and oxygen atoms in total. The standard InChI is InChI=1S/C25H20N4O2S/c1-16-14-22(30)29-25(27-16)23(24(28-29)19-10-6-7-13-26-19)17-11-12-21(20(15-17)31-2)32-18-8-4-3-5-9-18/h3-15,30H,1-2H3. The number of aromatic nitrogens is 4. The Hall–Kier alpha value is -3.84. The highest BCUT2D eigenvalue weighted by atomic mass is 32.2. The van der Waals surface area contributed by atoms with Crippen molar-refractivity contribution in [3.05, 3.63) is 84.7 Å². The molecule has 0 saturated carbocycles. The van der Waals surface area contributed by atoms with Gasteiger partial charge in [0.25, 0.3) is 0 Å². The number of methoxy groups -OCH3 is 1. The van der Waals surface area contributed by atoms with Gasteiger partial charge in [-0.1, -0.05) is 42.1 Å². The van der Waals surface area contributed by atoms with Gasteiger partial charge in [0.1, 0.15) is 11.4 Å². The molecule has 0 saturated heterocycles. The van der Waals surface area contributed by atoms with Gasteiger partial charge in [0.15, 0.2) is 5.65 Å². The molecule has 0 spiro atoms. The van der Waals surface area contributed by atoms with E-state index in [1.165, 1.54) is 4.52 Å². The Morgan fingerprint density at radius 3 is 2.53 bits per heavy atom. The number of rotatable bonds is 5. The number of ether oxygens (including phenoxy) is 1. The maximum atomic E-state index is 10.5. The van der Waals surface area contributed by atoms with Crippen molar-refractivity contribution in [1.29, 1.82) is 0 Å². The van der Waals surface area contributed by atoms with Crippen LogP contribution in [-0.4, -0.2) is 31.8 Å². The molecule has 0 bridgehead atoms. The van der Waals surface area contributed by atoms with Crippen molar-refractivity contribution < 1.29 is 9.84 Å². The van der Waals surface area contributed by atoms with Crippen LogP contribution in [0.1, 0.15) is 5.69 Å². The Morgan fingerprint density at radius 1 is 0.969 bits per heavy atom. The average molecular weight is 441 g/mol. The van der Waals surface area contributed by atoms with E-state index in [9.17, 15) is 5.11 Å². The Morgan fingerprint density at radius 2 is 1.78 bits per heavy atom. The molecule has 0 unspecified atom stereocenters. The Bertz CT molecular complexity index is 1400. The average Bonchev–Trinajstić information content (AvgIpc) is 3.20. The van der Waals surface area contributed by atoms with Crippen molar-refractivity contribution in [2.24, 2.45) is 0 Å². The molecule has 0 radical (unpaired) electrons. The Labute approximate surface area is 189 Å². The number of nitrogens with zero attached hydrogens (tertiary/aromatic N) is 4. The summed E-state index contributed by atoms with van der Waals surface area (Å²) in [4.78, 5) is 11.3. The van der Waals surface area contributed by atoms with Crippen LogP contribution in [0, 0.1) is 6.92 Å². The van der Waals surface area contributed by atoms with Gasteiger partial charge in [-0.15, -0.1) is 0 Å².